The molecular weight excluding hydrogens is 453 g/mol. The van der Waals surface area contributed by atoms with Gasteiger partial charge < -0.3 is 19.4 Å². The minimum Gasteiger partial charge on any atom is -0.353 e. The van der Waals surface area contributed by atoms with E-state index >= 15 is 0 Å². The molecule has 0 bridgehead atoms. The number of aliphatic imine (C=N–C) groups is 1. The molecule has 0 aliphatic rings. The number of hydrogen-bond donors (Lipinski definition) is 1. The van der Waals surface area contributed by atoms with Crippen LogP contribution in [0.15, 0.2) is 29.9 Å². The summed E-state index contributed by atoms with van der Waals surface area (Å²) in [6.07, 6.45) is 3.69. The van der Waals surface area contributed by atoms with E-state index in [0.29, 0.717) is 19.6 Å². The summed E-state index contributed by atoms with van der Waals surface area (Å²) in [7, 11) is 5.90. The van der Waals surface area contributed by atoms with Crippen molar-refractivity contribution in [3.63, 3.8) is 0 Å². The molecule has 0 spiro atoms. The van der Waals surface area contributed by atoms with Gasteiger partial charge >= 0.3 is 0 Å². The van der Waals surface area contributed by atoms with E-state index in [9.17, 15) is 0 Å². The first-order valence-corrected chi connectivity index (χ1v) is 8.06. The minimum atomic E-state index is 0. The van der Waals surface area contributed by atoms with Gasteiger partial charge in [-0.05, 0) is 13.0 Å². The molecule has 25 heavy (non-hydrogen) atoms. The molecule has 2 rings (SSSR count). The van der Waals surface area contributed by atoms with Gasteiger partial charge in [0.05, 0.1) is 11.6 Å². The van der Waals surface area contributed by atoms with Gasteiger partial charge in [0.25, 0.3) is 0 Å². The number of nitrogens with zero attached hydrogens (tertiary/aromatic N) is 6. The maximum Gasteiger partial charge on any atom is 0.194 e. The van der Waals surface area contributed by atoms with Gasteiger partial charge in [-0.15, -0.1) is 40.8 Å². The van der Waals surface area contributed by atoms with Crippen molar-refractivity contribution in [2.24, 2.45) is 19.1 Å². The third kappa shape index (κ3) is 5.74. The van der Waals surface area contributed by atoms with E-state index in [1.165, 1.54) is 0 Å². The summed E-state index contributed by atoms with van der Waals surface area (Å²) in [5.41, 5.74) is 1.10. The summed E-state index contributed by atoms with van der Waals surface area (Å²) in [6.45, 7) is 7.44. The Morgan fingerprint density at radius 1 is 1.44 bits per heavy atom. The molecule has 0 aliphatic heterocycles. The monoisotopic (exact) mass is 477 g/mol. The van der Waals surface area contributed by atoms with E-state index in [1.54, 1.807) is 6.08 Å². The van der Waals surface area contributed by atoms with Gasteiger partial charge in [0.2, 0.25) is 0 Å². The molecule has 0 aliphatic carbocycles. The molecule has 7 nitrogen and oxygen atoms in total. The predicted molar refractivity (Wildman–Crippen MR) is 112 cm³/mol. The summed E-state index contributed by atoms with van der Waals surface area (Å²) in [5, 5.41) is 12.2. The number of rotatable bonds is 6. The molecule has 138 valence electrons. The van der Waals surface area contributed by atoms with Crippen LogP contribution in [0.5, 0.6) is 0 Å². The lowest BCUT2D eigenvalue weighted by Crippen LogP contribution is -2.39. The Bertz CT molecular complexity index is 735. The van der Waals surface area contributed by atoms with E-state index in [4.69, 9.17) is 11.6 Å². The van der Waals surface area contributed by atoms with Crippen LogP contribution < -0.4 is 5.32 Å². The van der Waals surface area contributed by atoms with E-state index in [1.807, 2.05) is 54.4 Å². The second kappa shape index (κ2) is 9.81. The number of aryl methyl sites for hydroxylation is 2. The van der Waals surface area contributed by atoms with Crippen LogP contribution in [0.2, 0.25) is 5.02 Å². The fraction of sp³-hybridized carbons (Fsp3) is 0.438. The van der Waals surface area contributed by atoms with E-state index in [0.717, 1.165) is 28.3 Å². The van der Waals surface area contributed by atoms with Crippen LogP contribution in [0.1, 0.15) is 17.3 Å². The molecular formula is C16H25ClIN7. The molecule has 0 saturated heterocycles. The zero-order valence-electron chi connectivity index (χ0n) is 15.0. The van der Waals surface area contributed by atoms with Crippen LogP contribution >= 0.6 is 35.6 Å². The molecule has 0 atom stereocenters. The molecule has 2 heterocycles. The highest BCUT2D eigenvalue weighted by Crippen LogP contribution is 2.14. The summed E-state index contributed by atoms with van der Waals surface area (Å²) in [5.74, 6) is 2.46. The Morgan fingerprint density at radius 2 is 2.16 bits per heavy atom. The smallest absolute Gasteiger partial charge is 0.194 e. The van der Waals surface area contributed by atoms with Gasteiger partial charge in [-0.1, -0.05) is 17.7 Å². The normalized spacial score (nSPS) is 11.2. The largest absolute Gasteiger partial charge is 0.353 e. The highest BCUT2D eigenvalue weighted by atomic mass is 127. The van der Waals surface area contributed by atoms with Gasteiger partial charge in [0, 0.05) is 39.6 Å². The standard InChI is InChI=1S/C16H24ClN7.HI/c1-6-7-18-16(19-9-15-21-20-12(2)24(15)5)23(4)11-14-8-13(17)10-22(14)3;/h6,8,10H,1,7,9,11H2,2-5H3,(H,18,19);1H. The van der Waals surface area contributed by atoms with Crippen LogP contribution in [0.4, 0.5) is 0 Å². The SMILES string of the molecule is C=CCNC(=NCc1nnc(C)n1C)N(C)Cc1cc(Cl)cn1C.I. The minimum absolute atomic E-state index is 0. The second-order valence-electron chi connectivity index (χ2n) is 5.65. The highest BCUT2D eigenvalue weighted by Gasteiger charge is 2.11. The van der Waals surface area contributed by atoms with Crippen molar-refractivity contribution in [3.8, 4) is 0 Å². The van der Waals surface area contributed by atoms with Gasteiger partial charge in [0.15, 0.2) is 11.8 Å². The third-order valence-corrected chi connectivity index (χ3v) is 4.00. The second-order valence-corrected chi connectivity index (χ2v) is 6.08. The van der Waals surface area contributed by atoms with Gasteiger partial charge in [-0.3, -0.25) is 0 Å². The molecule has 0 aromatic carbocycles. The lowest BCUT2D eigenvalue weighted by atomic mass is 10.4. The van der Waals surface area contributed by atoms with E-state index < -0.39 is 0 Å². The van der Waals surface area contributed by atoms with Gasteiger partial charge in [-0.2, -0.15) is 0 Å². The molecule has 1 N–H and O–H groups in total. The van der Waals surface area contributed by atoms with Crippen molar-refractivity contribution in [2.45, 2.75) is 20.0 Å². The molecule has 0 saturated carbocycles. The Labute approximate surface area is 170 Å². The van der Waals surface area contributed by atoms with Gasteiger partial charge in [-0.25, -0.2) is 4.99 Å². The van der Waals surface area contributed by atoms with Crippen LogP contribution in [0.3, 0.4) is 0 Å². The Hall–Kier alpha value is -1.55. The first kappa shape index (κ1) is 21.5. The zero-order chi connectivity index (χ0) is 17.7. The summed E-state index contributed by atoms with van der Waals surface area (Å²) in [4.78, 5) is 6.70. The fourth-order valence-electron chi connectivity index (χ4n) is 2.25. The number of aromatic nitrogens is 4. The maximum atomic E-state index is 6.06. The number of halogens is 2. The predicted octanol–water partition coefficient (Wildman–Crippen LogP) is 2.50. The molecule has 9 heteroatoms. The van der Waals surface area contributed by atoms with Crippen LogP contribution in [-0.2, 0) is 27.2 Å². The maximum absolute atomic E-state index is 6.06. The van der Waals surface area contributed by atoms with Crippen LogP contribution in [0.25, 0.3) is 0 Å². The van der Waals surface area contributed by atoms with Crippen molar-refractivity contribution in [2.75, 3.05) is 13.6 Å². The van der Waals surface area contributed by atoms with Crippen molar-refractivity contribution >= 4 is 41.5 Å². The quantitative estimate of drug-likeness (QED) is 0.301. The van der Waals surface area contributed by atoms with Crippen molar-refractivity contribution in [1.29, 1.82) is 0 Å². The van der Waals surface area contributed by atoms with Crippen LogP contribution in [-0.4, -0.2) is 43.8 Å². The molecule has 0 fully saturated rings. The Morgan fingerprint density at radius 3 is 2.68 bits per heavy atom. The number of hydrogen-bond acceptors (Lipinski definition) is 3. The molecule has 0 amide bonds. The molecule has 0 unspecified atom stereocenters. The van der Waals surface area contributed by atoms with Crippen molar-refractivity contribution in [3.05, 3.63) is 47.3 Å². The van der Waals surface area contributed by atoms with Crippen molar-refractivity contribution < 1.29 is 0 Å². The number of guanidine groups is 1. The topological polar surface area (TPSA) is 63.3 Å². The van der Waals surface area contributed by atoms with E-state index in [-0.39, 0.29) is 24.0 Å². The molecule has 0 radical (unpaired) electrons. The summed E-state index contributed by atoms with van der Waals surface area (Å²) in [6, 6.07) is 1.95. The molecule has 2 aromatic heterocycles. The Balaban J connectivity index is 0.00000312. The lowest BCUT2D eigenvalue weighted by molar-refractivity contribution is 0.462. The van der Waals surface area contributed by atoms with Gasteiger partial charge in [0.1, 0.15) is 12.4 Å². The zero-order valence-corrected chi connectivity index (χ0v) is 18.1. The fourth-order valence-corrected chi connectivity index (χ4v) is 2.52. The summed E-state index contributed by atoms with van der Waals surface area (Å²) >= 11 is 6.06. The molecule has 2 aromatic rings. The first-order valence-electron chi connectivity index (χ1n) is 7.68. The Kier molecular flexibility index (Phi) is 8.43. The summed E-state index contributed by atoms with van der Waals surface area (Å²) < 4.78 is 3.95. The van der Waals surface area contributed by atoms with E-state index in [2.05, 4.69) is 27.1 Å². The van der Waals surface area contributed by atoms with Crippen molar-refractivity contribution in [1.82, 2.24) is 29.5 Å². The highest BCUT2D eigenvalue weighted by molar-refractivity contribution is 14.0. The first-order chi connectivity index (χ1) is 11.4. The average Bonchev–Trinajstić information content (AvgIpc) is 3.02. The average molecular weight is 478 g/mol. The lowest BCUT2D eigenvalue weighted by Gasteiger charge is -2.22. The third-order valence-electron chi connectivity index (χ3n) is 3.79. The van der Waals surface area contributed by atoms with Crippen LogP contribution in [0, 0.1) is 6.92 Å². The number of nitrogens with one attached hydrogen (secondary N) is 1.